The van der Waals surface area contributed by atoms with Crippen LogP contribution < -0.4 is 4.90 Å². The van der Waals surface area contributed by atoms with Crippen molar-refractivity contribution in [2.45, 2.75) is 25.7 Å². The van der Waals surface area contributed by atoms with Crippen LogP contribution in [0.3, 0.4) is 0 Å². The average Bonchev–Trinajstić information content (AvgIpc) is 3.02. The largest absolute Gasteiger partial charge is 0.381 e. The Kier molecular flexibility index (Phi) is 5.72. The Labute approximate surface area is 172 Å². The summed E-state index contributed by atoms with van der Waals surface area (Å²) in [6, 6.07) is 1.80. The van der Waals surface area contributed by atoms with Crippen LogP contribution in [0.25, 0.3) is 0 Å². The molecule has 0 saturated carbocycles. The predicted molar refractivity (Wildman–Crippen MR) is 108 cm³/mol. The van der Waals surface area contributed by atoms with E-state index in [4.69, 9.17) is 4.74 Å². The first-order chi connectivity index (χ1) is 14.0. The molecule has 0 bridgehead atoms. The quantitative estimate of drug-likeness (QED) is 0.753. The number of aromatic nitrogens is 2. The molecule has 1 aromatic heterocycles. The van der Waals surface area contributed by atoms with Crippen molar-refractivity contribution >= 4 is 17.8 Å². The third-order valence-corrected chi connectivity index (χ3v) is 6.74. The molecular weight excluding hydrogens is 370 g/mol. The fourth-order valence-electron chi connectivity index (χ4n) is 5.24. The Morgan fingerprint density at radius 1 is 1.17 bits per heavy atom. The molecule has 3 saturated heterocycles. The van der Waals surface area contributed by atoms with Gasteiger partial charge < -0.3 is 19.4 Å². The van der Waals surface area contributed by atoms with Crippen LogP contribution in [0.2, 0.25) is 0 Å². The van der Waals surface area contributed by atoms with Crippen molar-refractivity contribution in [2.24, 2.45) is 17.3 Å². The summed E-state index contributed by atoms with van der Waals surface area (Å²) in [7, 11) is 3.65. The lowest BCUT2D eigenvalue weighted by Gasteiger charge is -2.35. The number of carbonyl (C=O) groups is 2. The molecule has 0 radical (unpaired) electrons. The van der Waals surface area contributed by atoms with Gasteiger partial charge in [-0.2, -0.15) is 0 Å². The van der Waals surface area contributed by atoms with Crippen LogP contribution in [0, 0.1) is 17.3 Å². The molecule has 4 heterocycles. The lowest BCUT2D eigenvalue weighted by Crippen LogP contribution is -2.48. The highest BCUT2D eigenvalue weighted by molar-refractivity contribution is 5.85. The molecule has 8 heteroatoms. The molecule has 2 atom stereocenters. The normalized spacial score (nSPS) is 28.0. The molecule has 0 unspecified atom stereocenters. The minimum atomic E-state index is -0.493. The summed E-state index contributed by atoms with van der Waals surface area (Å²) in [5, 5.41) is 0. The second-order valence-electron chi connectivity index (χ2n) is 8.76. The number of fused-ring (bicyclic) bond motifs is 1. The molecule has 0 aromatic carbocycles. The molecule has 3 aliphatic heterocycles. The van der Waals surface area contributed by atoms with E-state index in [1.165, 1.54) is 0 Å². The lowest BCUT2D eigenvalue weighted by atomic mass is 9.74. The number of hydrogen-bond donors (Lipinski definition) is 0. The van der Waals surface area contributed by atoms with Crippen LogP contribution in [-0.4, -0.2) is 85.1 Å². The molecular formula is C21H31N5O3. The number of amides is 2. The van der Waals surface area contributed by atoms with Gasteiger partial charge in [-0.15, -0.1) is 0 Å². The van der Waals surface area contributed by atoms with Crippen molar-refractivity contribution in [3.8, 4) is 0 Å². The van der Waals surface area contributed by atoms with Crippen LogP contribution in [0.5, 0.6) is 0 Å². The predicted octanol–water partition coefficient (Wildman–Crippen LogP) is 1.04. The van der Waals surface area contributed by atoms with Crippen LogP contribution >= 0.6 is 0 Å². The van der Waals surface area contributed by atoms with E-state index in [1.807, 2.05) is 19.0 Å². The summed E-state index contributed by atoms with van der Waals surface area (Å²) < 4.78 is 5.43. The molecule has 1 aromatic rings. The van der Waals surface area contributed by atoms with Gasteiger partial charge in [0, 0.05) is 77.7 Å². The molecule has 4 rings (SSSR count). The maximum Gasteiger partial charge on any atom is 0.230 e. The van der Waals surface area contributed by atoms with Gasteiger partial charge in [0.05, 0.1) is 5.41 Å². The van der Waals surface area contributed by atoms with Gasteiger partial charge in [-0.3, -0.25) is 9.59 Å². The van der Waals surface area contributed by atoms with Crippen LogP contribution in [-0.2, 0) is 14.3 Å². The summed E-state index contributed by atoms with van der Waals surface area (Å²) in [5.74, 6) is 1.18. The van der Waals surface area contributed by atoms with Crippen molar-refractivity contribution in [1.82, 2.24) is 19.8 Å². The summed E-state index contributed by atoms with van der Waals surface area (Å²) in [4.78, 5) is 41.2. The monoisotopic (exact) mass is 401 g/mol. The Balaban J connectivity index is 1.58. The molecule has 0 aliphatic carbocycles. The first-order valence-corrected chi connectivity index (χ1v) is 10.6. The Morgan fingerprint density at radius 3 is 2.59 bits per heavy atom. The molecule has 3 fully saturated rings. The van der Waals surface area contributed by atoms with E-state index >= 15 is 0 Å². The molecule has 0 N–H and O–H groups in total. The topological polar surface area (TPSA) is 78.9 Å². The van der Waals surface area contributed by atoms with Gasteiger partial charge in [-0.05, 0) is 31.7 Å². The highest BCUT2D eigenvalue weighted by Crippen LogP contribution is 2.45. The number of likely N-dealkylation sites (tertiary alicyclic amines) is 1. The van der Waals surface area contributed by atoms with E-state index in [-0.39, 0.29) is 23.7 Å². The number of ether oxygens (including phenoxy) is 1. The zero-order valence-corrected chi connectivity index (χ0v) is 17.4. The number of rotatable bonds is 3. The zero-order valence-electron chi connectivity index (χ0n) is 17.4. The van der Waals surface area contributed by atoms with Crippen molar-refractivity contribution in [1.29, 1.82) is 0 Å². The van der Waals surface area contributed by atoms with Gasteiger partial charge in [-0.25, -0.2) is 9.97 Å². The number of carbonyl (C=O) groups excluding carboxylic acids is 2. The van der Waals surface area contributed by atoms with E-state index in [1.54, 1.807) is 23.4 Å². The highest BCUT2D eigenvalue weighted by atomic mass is 16.5. The molecule has 3 aliphatic rings. The van der Waals surface area contributed by atoms with E-state index in [2.05, 4.69) is 14.9 Å². The summed E-state index contributed by atoms with van der Waals surface area (Å²) in [5.41, 5.74) is -0.493. The van der Waals surface area contributed by atoms with Gasteiger partial charge in [0.15, 0.2) is 0 Å². The van der Waals surface area contributed by atoms with Crippen molar-refractivity contribution < 1.29 is 14.3 Å². The smallest absolute Gasteiger partial charge is 0.230 e. The SMILES string of the molecule is CN(C)C(=O)[C@]12CCCN(C(=O)C3CCOCC3)C[C@H]1CN(c1ncccn1)C2. The van der Waals surface area contributed by atoms with Gasteiger partial charge in [0.25, 0.3) is 0 Å². The maximum absolute atomic E-state index is 13.3. The summed E-state index contributed by atoms with van der Waals surface area (Å²) in [6.45, 7) is 3.99. The molecule has 0 spiro atoms. The second kappa shape index (κ2) is 8.26. The van der Waals surface area contributed by atoms with Crippen molar-refractivity contribution in [2.75, 3.05) is 58.4 Å². The molecule has 2 amide bonds. The minimum Gasteiger partial charge on any atom is -0.381 e. The van der Waals surface area contributed by atoms with Crippen molar-refractivity contribution in [3.63, 3.8) is 0 Å². The standard InChI is InChI=1S/C21H31N5O3/c1-24(2)19(28)21-7-3-10-25(18(27)16-5-11-29-12-6-16)13-17(21)14-26(15-21)20-22-8-4-9-23-20/h4,8-9,16-17H,3,5-7,10-15H2,1-2H3/t17-,21-/m0/s1. The first-order valence-electron chi connectivity index (χ1n) is 10.6. The van der Waals surface area contributed by atoms with E-state index in [0.717, 1.165) is 32.2 Å². The number of hydrogen-bond acceptors (Lipinski definition) is 6. The Hall–Kier alpha value is -2.22. The van der Waals surface area contributed by atoms with E-state index in [0.29, 0.717) is 38.8 Å². The third kappa shape index (κ3) is 3.82. The van der Waals surface area contributed by atoms with Gasteiger partial charge in [0.2, 0.25) is 17.8 Å². The third-order valence-electron chi connectivity index (χ3n) is 6.74. The van der Waals surface area contributed by atoms with Gasteiger partial charge >= 0.3 is 0 Å². The fraction of sp³-hybridized carbons (Fsp3) is 0.714. The molecule has 8 nitrogen and oxygen atoms in total. The fourth-order valence-corrected chi connectivity index (χ4v) is 5.24. The van der Waals surface area contributed by atoms with Gasteiger partial charge in [0.1, 0.15) is 0 Å². The highest BCUT2D eigenvalue weighted by Gasteiger charge is 2.54. The maximum atomic E-state index is 13.3. The van der Waals surface area contributed by atoms with Crippen LogP contribution in [0.4, 0.5) is 5.95 Å². The summed E-state index contributed by atoms with van der Waals surface area (Å²) >= 11 is 0. The van der Waals surface area contributed by atoms with Crippen molar-refractivity contribution in [3.05, 3.63) is 18.5 Å². The number of nitrogens with zero attached hydrogens (tertiary/aromatic N) is 5. The van der Waals surface area contributed by atoms with Crippen LogP contribution in [0.1, 0.15) is 25.7 Å². The van der Waals surface area contributed by atoms with E-state index in [9.17, 15) is 9.59 Å². The van der Waals surface area contributed by atoms with Gasteiger partial charge in [-0.1, -0.05) is 0 Å². The first kappa shape index (κ1) is 20.1. The van der Waals surface area contributed by atoms with Crippen LogP contribution in [0.15, 0.2) is 18.5 Å². The zero-order chi connectivity index (χ0) is 20.4. The molecule has 29 heavy (non-hydrogen) atoms. The average molecular weight is 402 g/mol. The molecule has 158 valence electrons. The number of anilines is 1. The Bertz CT molecular complexity index is 737. The Morgan fingerprint density at radius 2 is 1.90 bits per heavy atom. The summed E-state index contributed by atoms with van der Waals surface area (Å²) in [6.07, 6.45) is 6.69. The second-order valence-corrected chi connectivity index (χ2v) is 8.76. The lowest BCUT2D eigenvalue weighted by molar-refractivity contribution is -0.143. The van der Waals surface area contributed by atoms with E-state index < -0.39 is 5.41 Å². The minimum absolute atomic E-state index is 0.0516.